The molecule has 1 rings (SSSR count). The van der Waals surface area contributed by atoms with Gasteiger partial charge in [0.2, 0.25) is 0 Å². The smallest absolute Gasteiger partial charge is 0.0693 e. The third kappa shape index (κ3) is 4.49. The summed E-state index contributed by atoms with van der Waals surface area (Å²) in [5, 5.41) is 13.1. The van der Waals surface area contributed by atoms with Crippen molar-refractivity contribution in [1.29, 1.82) is 0 Å². The number of rotatable bonds is 7. The van der Waals surface area contributed by atoms with Crippen LogP contribution >= 0.6 is 0 Å². The third-order valence-corrected chi connectivity index (χ3v) is 3.43. The number of hydrogen-bond donors (Lipinski definition) is 2. The van der Waals surface area contributed by atoms with E-state index in [4.69, 9.17) is 0 Å². The fourth-order valence-electron chi connectivity index (χ4n) is 2.31. The molecule has 1 aliphatic carbocycles. The van der Waals surface area contributed by atoms with E-state index in [1.165, 1.54) is 19.4 Å². The minimum atomic E-state index is -0.0987. The average Bonchev–Trinajstić information content (AvgIpc) is 2.65. The zero-order valence-electron chi connectivity index (χ0n) is 10.2. The lowest BCUT2D eigenvalue weighted by molar-refractivity contribution is 0.148. The van der Waals surface area contributed by atoms with Crippen LogP contribution in [0.2, 0.25) is 0 Å². The Morgan fingerprint density at radius 2 is 2.00 bits per heavy atom. The highest BCUT2D eigenvalue weighted by Gasteiger charge is 2.23. The van der Waals surface area contributed by atoms with Gasteiger partial charge in [0.1, 0.15) is 0 Å². The van der Waals surface area contributed by atoms with Gasteiger partial charge >= 0.3 is 0 Å². The Balaban J connectivity index is 2.01. The predicted molar refractivity (Wildman–Crippen MR) is 64.1 cm³/mol. The van der Waals surface area contributed by atoms with E-state index in [-0.39, 0.29) is 6.10 Å². The fourth-order valence-corrected chi connectivity index (χ4v) is 2.31. The highest BCUT2D eigenvalue weighted by Crippen LogP contribution is 2.18. The maximum atomic E-state index is 9.62. The first-order valence-electron chi connectivity index (χ1n) is 6.41. The summed E-state index contributed by atoms with van der Waals surface area (Å²) in [7, 11) is 0. The standard InChI is InChI=1S/C12H26N2O/c1-3-14(4-2)10-6-9-13-11-7-5-8-12(11)15/h11-13,15H,3-10H2,1-2H3/t11-,12-/m1/s1. The number of aliphatic hydroxyl groups is 1. The van der Waals surface area contributed by atoms with Crippen molar-refractivity contribution in [3.05, 3.63) is 0 Å². The van der Waals surface area contributed by atoms with Gasteiger partial charge in [-0.05, 0) is 51.9 Å². The van der Waals surface area contributed by atoms with Gasteiger partial charge in [0.05, 0.1) is 6.10 Å². The molecule has 0 amide bonds. The molecule has 3 heteroatoms. The second-order valence-corrected chi connectivity index (χ2v) is 4.44. The van der Waals surface area contributed by atoms with Crippen LogP contribution in [0.25, 0.3) is 0 Å². The van der Waals surface area contributed by atoms with Crippen molar-refractivity contribution in [1.82, 2.24) is 10.2 Å². The van der Waals surface area contributed by atoms with Crippen molar-refractivity contribution < 1.29 is 5.11 Å². The summed E-state index contributed by atoms with van der Waals surface area (Å²) in [5.74, 6) is 0. The zero-order chi connectivity index (χ0) is 11.1. The molecule has 15 heavy (non-hydrogen) atoms. The first kappa shape index (κ1) is 12.9. The Morgan fingerprint density at radius 1 is 1.27 bits per heavy atom. The third-order valence-electron chi connectivity index (χ3n) is 3.43. The van der Waals surface area contributed by atoms with E-state index in [9.17, 15) is 5.11 Å². The van der Waals surface area contributed by atoms with Crippen molar-refractivity contribution >= 4 is 0 Å². The largest absolute Gasteiger partial charge is 0.392 e. The molecule has 2 atom stereocenters. The SMILES string of the molecule is CCN(CC)CCCN[C@@H]1CCC[C@H]1O. The summed E-state index contributed by atoms with van der Waals surface area (Å²) in [4.78, 5) is 2.44. The van der Waals surface area contributed by atoms with Crippen LogP contribution in [0.3, 0.4) is 0 Å². The molecule has 0 spiro atoms. The van der Waals surface area contributed by atoms with Crippen LogP contribution in [0.4, 0.5) is 0 Å². The summed E-state index contributed by atoms with van der Waals surface area (Å²) in [6, 6.07) is 0.363. The fraction of sp³-hybridized carbons (Fsp3) is 1.00. The molecule has 0 radical (unpaired) electrons. The van der Waals surface area contributed by atoms with E-state index >= 15 is 0 Å². The molecular weight excluding hydrogens is 188 g/mol. The van der Waals surface area contributed by atoms with Crippen molar-refractivity contribution in [2.24, 2.45) is 0 Å². The summed E-state index contributed by atoms with van der Waals surface area (Å²) in [5.41, 5.74) is 0. The van der Waals surface area contributed by atoms with E-state index in [0.717, 1.165) is 32.5 Å². The highest BCUT2D eigenvalue weighted by atomic mass is 16.3. The second kappa shape index (κ2) is 7.20. The number of hydrogen-bond acceptors (Lipinski definition) is 3. The first-order chi connectivity index (χ1) is 7.27. The molecular formula is C12H26N2O. The van der Waals surface area contributed by atoms with Crippen LogP contribution in [0.1, 0.15) is 39.5 Å². The Labute approximate surface area is 93.9 Å². The van der Waals surface area contributed by atoms with Crippen molar-refractivity contribution in [2.75, 3.05) is 26.2 Å². The number of nitrogens with one attached hydrogen (secondary N) is 1. The van der Waals surface area contributed by atoms with Gasteiger partial charge in [-0.25, -0.2) is 0 Å². The quantitative estimate of drug-likeness (QED) is 0.626. The molecule has 0 saturated heterocycles. The van der Waals surface area contributed by atoms with Crippen molar-refractivity contribution in [3.63, 3.8) is 0 Å². The van der Waals surface area contributed by atoms with Crippen LogP contribution in [-0.4, -0.2) is 48.3 Å². The molecule has 1 saturated carbocycles. The van der Waals surface area contributed by atoms with Crippen LogP contribution in [0.5, 0.6) is 0 Å². The van der Waals surface area contributed by atoms with Gasteiger partial charge in [0.15, 0.2) is 0 Å². The summed E-state index contributed by atoms with van der Waals surface area (Å²) >= 11 is 0. The van der Waals surface area contributed by atoms with Gasteiger partial charge in [-0.2, -0.15) is 0 Å². The Kier molecular flexibility index (Phi) is 6.22. The number of aliphatic hydroxyl groups excluding tert-OH is 1. The minimum absolute atomic E-state index is 0.0987. The highest BCUT2D eigenvalue weighted by molar-refractivity contribution is 4.82. The maximum absolute atomic E-state index is 9.62. The Hall–Kier alpha value is -0.120. The zero-order valence-corrected chi connectivity index (χ0v) is 10.2. The Morgan fingerprint density at radius 3 is 2.53 bits per heavy atom. The molecule has 0 heterocycles. The van der Waals surface area contributed by atoms with E-state index in [1.807, 2.05) is 0 Å². The lowest BCUT2D eigenvalue weighted by Crippen LogP contribution is -2.37. The lowest BCUT2D eigenvalue weighted by atomic mass is 10.2. The van der Waals surface area contributed by atoms with Gasteiger partial charge in [0.25, 0.3) is 0 Å². The molecule has 0 bridgehead atoms. The molecule has 0 aromatic rings. The molecule has 0 aliphatic heterocycles. The molecule has 1 fully saturated rings. The maximum Gasteiger partial charge on any atom is 0.0693 e. The van der Waals surface area contributed by atoms with E-state index in [0.29, 0.717) is 6.04 Å². The average molecular weight is 214 g/mol. The van der Waals surface area contributed by atoms with E-state index in [2.05, 4.69) is 24.1 Å². The minimum Gasteiger partial charge on any atom is -0.392 e. The Bertz CT molecular complexity index is 160. The monoisotopic (exact) mass is 214 g/mol. The van der Waals surface area contributed by atoms with Gasteiger partial charge < -0.3 is 15.3 Å². The van der Waals surface area contributed by atoms with E-state index < -0.39 is 0 Å². The number of nitrogens with zero attached hydrogens (tertiary/aromatic N) is 1. The van der Waals surface area contributed by atoms with Crippen molar-refractivity contribution in [3.8, 4) is 0 Å². The van der Waals surface area contributed by atoms with Gasteiger partial charge in [0, 0.05) is 6.04 Å². The van der Waals surface area contributed by atoms with Crippen LogP contribution in [0, 0.1) is 0 Å². The van der Waals surface area contributed by atoms with Gasteiger partial charge in [-0.1, -0.05) is 13.8 Å². The van der Waals surface area contributed by atoms with E-state index in [1.54, 1.807) is 0 Å². The molecule has 0 unspecified atom stereocenters. The first-order valence-corrected chi connectivity index (χ1v) is 6.41. The summed E-state index contributed by atoms with van der Waals surface area (Å²) in [6.07, 6.45) is 4.39. The summed E-state index contributed by atoms with van der Waals surface area (Å²) < 4.78 is 0. The molecule has 90 valence electrons. The second-order valence-electron chi connectivity index (χ2n) is 4.44. The molecule has 3 nitrogen and oxygen atoms in total. The molecule has 1 aliphatic rings. The van der Waals surface area contributed by atoms with Gasteiger partial charge in [-0.3, -0.25) is 0 Å². The van der Waals surface area contributed by atoms with Crippen LogP contribution in [0.15, 0.2) is 0 Å². The summed E-state index contributed by atoms with van der Waals surface area (Å²) in [6.45, 7) is 8.90. The lowest BCUT2D eigenvalue weighted by Gasteiger charge is -2.20. The van der Waals surface area contributed by atoms with Crippen molar-refractivity contribution in [2.45, 2.75) is 51.7 Å². The molecule has 0 aromatic heterocycles. The van der Waals surface area contributed by atoms with Crippen LogP contribution in [-0.2, 0) is 0 Å². The van der Waals surface area contributed by atoms with Gasteiger partial charge in [-0.15, -0.1) is 0 Å². The van der Waals surface area contributed by atoms with Crippen LogP contribution < -0.4 is 5.32 Å². The topological polar surface area (TPSA) is 35.5 Å². The normalized spacial score (nSPS) is 26.4. The molecule has 0 aromatic carbocycles. The predicted octanol–water partition coefficient (Wildman–Crippen LogP) is 1.22. The molecule has 2 N–H and O–H groups in total.